The van der Waals surface area contributed by atoms with Crippen LogP contribution in [0.5, 0.6) is 0 Å². The number of aliphatic hydroxyl groups is 1. The minimum Gasteiger partial charge on any atom is -0.395 e. The lowest BCUT2D eigenvalue weighted by Crippen LogP contribution is -2.35. The van der Waals surface area contributed by atoms with Gasteiger partial charge in [-0.1, -0.05) is 13.3 Å². The molecule has 4 nitrogen and oxygen atoms in total. The summed E-state index contributed by atoms with van der Waals surface area (Å²) in [4.78, 5) is 13.3. The number of hydrogen-bond acceptors (Lipinski definition) is 3. The summed E-state index contributed by atoms with van der Waals surface area (Å²) in [6.07, 6.45) is 1.43. The van der Waals surface area contributed by atoms with E-state index in [1.807, 2.05) is 13.8 Å². The highest BCUT2D eigenvalue weighted by atomic mass is 16.3. The van der Waals surface area contributed by atoms with Crippen LogP contribution in [-0.2, 0) is 4.79 Å². The molecule has 0 heterocycles. The van der Waals surface area contributed by atoms with Gasteiger partial charge in [0.1, 0.15) is 0 Å². The largest absolute Gasteiger partial charge is 0.395 e. The Hall–Kier alpha value is -0.610. The number of likely N-dealkylation sites (N-methyl/N-ethyl adjacent to an activating group) is 1. The summed E-state index contributed by atoms with van der Waals surface area (Å²) < 4.78 is 0. The van der Waals surface area contributed by atoms with Crippen molar-refractivity contribution in [3.05, 3.63) is 0 Å². The van der Waals surface area contributed by atoms with Gasteiger partial charge < -0.3 is 15.7 Å². The molecule has 0 bridgehead atoms. The molecule has 0 saturated heterocycles. The van der Waals surface area contributed by atoms with Crippen LogP contribution in [0.1, 0.15) is 26.7 Å². The third-order valence-corrected chi connectivity index (χ3v) is 2.48. The van der Waals surface area contributed by atoms with Gasteiger partial charge in [0, 0.05) is 19.5 Å². The highest BCUT2D eigenvalue weighted by Crippen LogP contribution is 2.08. The maximum Gasteiger partial charge on any atom is 0.222 e. The van der Waals surface area contributed by atoms with Crippen molar-refractivity contribution >= 4 is 5.91 Å². The fourth-order valence-corrected chi connectivity index (χ4v) is 1.35. The molecule has 14 heavy (non-hydrogen) atoms. The van der Waals surface area contributed by atoms with E-state index in [4.69, 9.17) is 10.8 Å². The second-order valence-corrected chi connectivity index (χ2v) is 3.41. The summed E-state index contributed by atoms with van der Waals surface area (Å²) >= 11 is 0. The summed E-state index contributed by atoms with van der Waals surface area (Å²) in [5.41, 5.74) is 5.53. The number of amides is 1. The Bertz CT molecular complexity index is 158. The Labute approximate surface area is 86.1 Å². The molecule has 0 aromatic carbocycles. The fourth-order valence-electron chi connectivity index (χ4n) is 1.35. The molecule has 84 valence electrons. The van der Waals surface area contributed by atoms with E-state index in [2.05, 4.69) is 0 Å². The zero-order valence-electron chi connectivity index (χ0n) is 9.20. The zero-order chi connectivity index (χ0) is 11.0. The monoisotopic (exact) mass is 202 g/mol. The Morgan fingerprint density at radius 3 is 2.50 bits per heavy atom. The summed E-state index contributed by atoms with van der Waals surface area (Å²) in [5, 5.41) is 8.75. The molecule has 1 atom stereocenters. The summed E-state index contributed by atoms with van der Waals surface area (Å²) in [6, 6.07) is 0. The first kappa shape index (κ1) is 13.4. The molecule has 0 rings (SSSR count). The summed E-state index contributed by atoms with van der Waals surface area (Å²) in [5.74, 6) is 0.370. The molecular weight excluding hydrogens is 180 g/mol. The maximum atomic E-state index is 11.7. The van der Waals surface area contributed by atoms with E-state index in [-0.39, 0.29) is 18.4 Å². The van der Waals surface area contributed by atoms with Gasteiger partial charge in [-0.15, -0.1) is 0 Å². The average molecular weight is 202 g/mol. The normalized spacial score (nSPS) is 12.6. The molecule has 0 radical (unpaired) electrons. The zero-order valence-corrected chi connectivity index (χ0v) is 9.20. The second-order valence-electron chi connectivity index (χ2n) is 3.41. The van der Waals surface area contributed by atoms with Gasteiger partial charge in [0.25, 0.3) is 0 Å². The molecule has 0 aromatic rings. The third-order valence-electron chi connectivity index (χ3n) is 2.48. The molecule has 0 spiro atoms. The van der Waals surface area contributed by atoms with Crippen LogP contribution in [0.4, 0.5) is 0 Å². The van der Waals surface area contributed by atoms with E-state index in [0.29, 0.717) is 26.1 Å². The molecule has 1 unspecified atom stereocenters. The van der Waals surface area contributed by atoms with E-state index < -0.39 is 0 Å². The van der Waals surface area contributed by atoms with Gasteiger partial charge in [-0.3, -0.25) is 4.79 Å². The van der Waals surface area contributed by atoms with Crippen molar-refractivity contribution in [2.75, 3.05) is 26.2 Å². The Morgan fingerprint density at radius 2 is 2.14 bits per heavy atom. The van der Waals surface area contributed by atoms with Crippen molar-refractivity contribution in [3.63, 3.8) is 0 Å². The predicted octanol–water partition coefficient (Wildman–Crippen LogP) is 0.202. The lowest BCUT2D eigenvalue weighted by Gasteiger charge is -2.22. The number of aliphatic hydroxyl groups excluding tert-OH is 1. The Morgan fingerprint density at radius 1 is 1.50 bits per heavy atom. The lowest BCUT2D eigenvalue weighted by atomic mass is 10.0. The Balaban J connectivity index is 4.01. The van der Waals surface area contributed by atoms with Crippen LogP contribution in [0.25, 0.3) is 0 Å². The van der Waals surface area contributed by atoms with Crippen LogP contribution in [0, 0.1) is 5.92 Å². The quantitative estimate of drug-likeness (QED) is 0.620. The highest BCUT2D eigenvalue weighted by molar-refractivity contribution is 5.76. The van der Waals surface area contributed by atoms with Crippen molar-refractivity contribution in [3.8, 4) is 0 Å². The molecule has 0 saturated carbocycles. The van der Waals surface area contributed by atoms with Crippen molar-refractivity contribution in [2.45, 2.75) is 26.7 Å². The van der Waals surface area contributed by atoms with Crippen molar-refractivity contribution in [1.82, 2.24) is 4.90 Å². The van der Waals surface area contributed by atoms with Gasteiger partial charge in [0.05, 0.1) is 6.61 Å². The van der Waals surface area contributed by atoms with Crippen LogP contribution in [0.2, 0.25) is 0 Å². The van der Waals surface area contributed by atoms with E-state index in [9.17, 15) is 4.79 Å². The number of hydrogen-bond donors (Lipinski definition) is 2. The maximum absolute atomic E-state index is 11.7. The number of carbonyl (C=O) groups excluding carboxylic acids is 1. The molecule has 0 aliphatic rings. The number of nitrogens with zero attached hydrogens (tertiary/aromatic N) is 1. The molecular formula is C10H22N2O2. The first-order valence-corrected chi connectivity index (χ1v) is 5.28. The van der Waals surface area contributed by atoms with Gasteiger partial charge >= 0.3 is 0 Å². The van der Waals surface area contributed by atoms with Gasteiger partial charge in [-0.2, -0.15) is 0 Å². The first-order valence-electron chi connectivity index (χ1n) is 5.28. The van der Waals surface area contributed by atoms with Crippen LogP contribution in [0.15, 0.2) is 0 Å². The second kappa shape index (κ2) is 7.76. The Kier molecular flexibility index (Phi) is 7.42. The fraction of sp³-hybridized carbons (Fsp3) is 0.900. The molecule has 4 heteroatoms. The van der Waals surface area contributed by atoms with Gasteiger partial charge in [-0.25, -0.2) is 0 Å². The molecule has 0 fully saturated rings. The van der Waals surface area contributed by atoms with Crippen molar-refractivity contribution in [2.24, 2.45) is 11.7 Å². The van der Waals surface area contributed by atoms with Crippen molar-refractivity contribution < 1.29 is 9.90 Å². The van der Waals surface area contributed by atoms with Crippen molar-refractivity contribution in [1.29, 1.82) is 0 Å². The standard InChI is InChI=1S/C10H22N2O2/c1-3-9(8-11)7-10(14)12(4-2)5-6-13/h9,13H,3-8,11H2,1-2H3. The number of rotatable bonds is 7. The first-order chi connectivity index (χ1) is 6.69. The molecule has 0 aromatic heterocycles. The predicted molar refractivity (Wildman–Crippen MR) is 56.8 cm³/mol. The molecule has 0 aliphatic carbocycles. The average Bonchev–Trinajstić information content (AvgIpc) is 2.22. The molecule has 1 amide bonds. The molecule has 3 N–H and O–H groups in total. The van der Waals surface area contributed by atoms with E-state index >= 15 is 0 Å². The van der Waals surface area contributed by atoms with Crippen LogP contribution in [0.3, 0.4) is 0 Å². The van der Waals surface area contributed by atoms with E-state index in [1.165, 1.54) is 0 Å². The van der Waals surface area contributed by atoms with E-state index in [0.717, 1.165) is 6.42 Å². The SMILES string of the molecule is CCC(CN)CC(=O)N(CC)CCO. The van der Waals surface area contributed by atoms with Gasteiger partial charge in [0.15, 0.2) is 0 Å². The summed E-state index contributed by atoms with van der Waals surface area (Å²) in [7, 11) is 0. The third kappa shape index (κ3) is 4.58. The number of carbonyl (C=O) groups is 1. The minimum absolute atomic E-state index is 0.0268. The van der Waals surface area contributed by atoms with Gasteiger partial charge in [-0.05, 0) is 19.4 Å². The number of nitrogens with two attached hydrogens (primary N) is 1. The topological polar surface area (TPSA) is 66.6 Å². The van der Waals surface area contributed by atoms with Crippen LogP contribution < -0.4 is 5.73 Å². The van der Waals surface area contributed by atoms with Crippen LogP contribution >= 0.6 is 0 Å². The smallest absolute Gasteiger partial charge is 0.222 e. The summed E-state index contributed by atoms with van der Waals surface area (Å²) in [6.45, 7) is 5.61. The van der Waals surface area contributed by atoms with E-state index in [1.54, 1.807) is 4.90 Å². The van der Waals surface area contributed by atoms with Gasteiger partial charge in [0.2, 0.25) is 5.91 Å². The highest BCUT2D eigenvalue weighted by Gasteiger charge is 2.15. The molecule has 0 aliphatic heterocycles. The van der Waals surface area contributed by atoms with Crippen LogP contribution in [-0.4, -0.2) is 42.2 Å². The minimum atomic E-state index is 0.0268. The lowest BCUT2D eigenvalue weighted by molar-refractivity contribution is -0.132.